The SMILES string of the molecule is CCC1CN(C(=O)c2cc(Cl)ccc2C)CCC1N. The molecule has 0 bridgehead atoms. The second-order valence-electron chi connectivity index (χ2n) is 5.33. The molecule has 1 amide bonds. The van der Waals surface area contributed by atoms with Crippen molar-refractivity contribution < 1.29 is 4.79 Å². The van der Waals surface area contributed by atoms with Crippen LogP contribution in [0.5, 0.6) is 0 Å². The standard InChI is InChI=1S/C15H21ClN2O/c1-3-11-9-18(7-6-14(11)17)15(19)13-8-12(16)5-4-10(13)2/h4-5,8,11,14H,3,6-7,9,17H2,1-2H3. The summed E-state index contributed by atoms with van der Waals surface area (Å²) in [4.78, 5) is 14.5. The highest BCUT2D eigenvalue weighted by molar-refractivity contribution is 6.31. The van der Waals surface area contributed by atoms with Crippen LogP contribution in [0.1, 0.15) is 35.7 Å². The van der Waals surface area contributed by atoms with Crippen molar-refractivity contribution in [2.75, 3.05) is 13.1 Å². The predicted molar refractivity (Wildman–Crippen MR) is 78.5 cm³/mol. The molecular formula is C15H21ClN2O. The summed E-state index contributed by atoms with van der Waals surface area (Å²) in [6, 6.07) is 5.68. The summed E-state index contributed by atoms with van der Waals surface area (Å²) >= 11 is 5.99. The van der Waals surface area contributed by atoms with Crippen LogP contribution in [0.15, 0.2) is 18.2 Å². The Morgan fingerprint density at radius 1 is 1.53 bits per heavy atom. The van der Waals surface area contributed by atoms with Crippen molar-refractivity contribution in [1.29, 1.82) is 0 Å². The van der Waals surface area contributed by atoms with Crippen LogP contribution in [0, 0.1) is 12.8 Å². The maximum Gasteiger partial charge on any atom is 0.254 e. The Bertz CT molecular complexity index is 475. The van der Waals surface area contributed by atoms with Gasteiger partial charge in [0.15, 0.2) is 0 Å². The number of piperidine rings is 1. The number of aryl methyl sites for hydroxylation is 1. The highest BCUT2D eigenvalue weighted by Gasteiger charge is 2.29. The number of carbonyl (C=O) groups excluding carboxylic acids is 1. The molecule has 0 saturated carbocycles. The van der Waals surface area contributed by atoms with Crippen LogP contribution < -0.4 is 5.73 Å². The zero-order chi connectivity index (χ0) is 14.0. The number of nitrogens with zero attached hydrogens (tertiary/aromatic N) is 1. The molecule has 0 aromatic heterocycles. The largest absolute Gasteiger partial charge is 0.338 e. The van der Waals surface area contributed by atoms with Crippen molar-refractivity contribution in [2.45, 2.75) is 32.7 Å². The molecule has 1 aromatic carbocycles. The van der Waals surface area contributed by atoms with Gasteiger partial charge in [-0.2, -0.15) is 0 Å². The first-order chi connectivity index (χ1) is 9.02. The Kier molecular flexibility index (Phi) is 4.48. The van der Waals surface area contributed by atoms with E-state index in [4.69, 9.17) is 17.3 Å². The fourth-order valence-corrected chi connectivity index (χ4v) is 2.83. The summed E-state index contributed by atoms with van der Waals surface area (Å²) in [6.07, 6.45) is 1.89. The van der Waals surface area contributed by atoms with E-state index in [0.29, 0.717) is 16.5 Å². The van der Waals surface area contributed by atoms with Gasteiger partial charge in [-0.25, -0.2) is 0 Å². The molecule has 0 aliphatic carbocycles. The van der Waals surface area contributed by atoms with Gasteiger partial charge in [-0.05, 0) is 37.0 Å². The van der Waals surface area contributed by atoms with Crippen LogP contribution in [0.3, 0.4) is 0 Å². The molecule has 2 rings (SSSR count). The highest BCUT2D eigenvalue weighted by atomic mass is 35.5. The van der Waals surface area contributed by atoms with Crippen LogP contribution in [0.2, 0.25) is 5.02 Å². The molecule has 2 unspecified atom stereocenters. The number of nitrogens with two attached hydrogens (primary N) is 1. The summed E-state index contributed by atoms with van der Waals surface area (Å²) in [5.41, 5.74) is 7.76. The van der Waals surface area contributed by atoms with Gasteiger partial charge in [0.2, 0.25) is 0 Å². The highest BCUT2D eigenvalue weighted by Crippen LogP contribution is 2.23. The lowest BCUT2D eigenvalue weighted by molar-refractivity contribution is 0.0648. The molecule has 104 valence electrons. The molecule has 2 N–H and O–H groups in total. The van der Waals surface area contributed by atoms with Crippen LogP contribution in [0.4, 0.5) is 0 Å². The molecular weight excluding hydrogens is 260 g/mol. The van der Waals surface area contributed by atoms with Crippen LogP contribution in [0.25, 0.3) is 0 Å². The van der Waals surface area contributed by atoms with Crippen molar-refractivity contribution in [3.8, 4) is 0 Å². The smallest absolute Gasteiger partial charge is 0.254 e. The zero-order valence-corrected chi connectivity index (χ0v) is 12.3. The third kappa shape index (κ3) is 3.10. The first kappa shape index (κ1) is 14.4. The van der Waals surface area contributed by atoms with Crippen LogP contribution in [-0.4, -0.2) is 29.9 Å². The molecule has 3 nitrogen and oxygen atoms in total. The third-order valence-electron chi connectivity index (χ3n) is 4.03. The quantitative estimate of drug-likeness (QED) is 0.905. The molecule has 1 heterocycles. The van der Waals surface area contributed by atoms with Gasteiger partial charge in [-0.3, -0.25) is 4.79 Å². The predicted octanol–water partition coefficient (Wildman–Crippen LogP) is 2.85. The Morgan fingerprint density at radius 3 is 2.95 bits per heavy atom. The molecule has 1 aliphatic rings. The molecule has 2 atom stereocenters. The topological polar surface area (TPSA) is 46.3 Å². The van der Waals surface area contributed by atoms with Gasteiger partial charge in [-0.15, -0.1) is 0 Å². The van der Waals surface area contributed by atoms with Gasteiger partial charge in [0.05, 0.1) is 0 Å². The Hall–Kier alpha value is -1.06. The molecule has 19 heavy (non-hydrogen) atoms. The molecule has 1 aromatic rings. The summed E-state index contributed by atoms with van der Waals surface area (Å²) in [7, 11) is 0. The van der Waals surface area contributed by atoms with E-state index in [1.165, 1.54) is 0 Å². The van der Waals surface area contributed by atoms with E-state index in [-0.39, 0.29) is 11.9 Å². The van der Waals surface area contributed by atoms with Gasteiger partial charge >= 0.3 is 0 Å². The Morgan fingerprint density at radius 2 is 2.26 bits per heavy atom. The minimum atomic E-state index is 0.0744. The number of amides is 1. The van der Waals surface area contributed by atoms with Crippen molar-refractivity contribution in [2.24, 2.45) is 11.7 Å². The van der Waals surface area contributed by atoms with E-state index in [1.807, 2.05) is 24.0 Å². The minimum absolute atomic E-state index is 0.0744. The van der Waals surface area contributed by atoms with Crippen molar-refractivity contribution in [1.82, 2.24) is 4.90 Å². The molecule has 1 aliphatic heterocycles. The van der Waals surface area contributed by atoms with Gasteiger partial charge in [-0.1, -0.05) is 31.0 Å². The lowest BCUT2D eigenvalue weighted by Gasteiger charge is -2.36. The fourth-order valence-electron chi connectivity index (χ4n) is 2.66. The minimum Gasteiger partial charge on any atom is -0.338 e. The van der Waals surface area contributed by atoms with Crippen LogP contribution >= 0.6 is 11.6 Å². The summed E-state index contributed by atoms with van der Waals surface area (Å²) in [6.45, 7) is 5.56. The maximum absolute atomic E-state index is 12.6. The number of carbonyl (C=O) groups is 1. The number of rotatable bonds is 2. The number of hydrogen-bond donors (Lipinski definition) is 1. The van der Waals surface area contributed by atoms with Gasteiger partial charge in [0.25, 0.3) is 5.91 Å². The second-order valence-corrected chi connectivity index (χ2v) is 5.77. The average molecular weight is 281 g/mol. The Balaban J connectivity index is 2.18. The summed E-state index contributed by atoms with van der Waals surface area (Å²) in [5.74, 6) is 0.475. The molecule has 1 saturated heterocycles. The summed E-state index contributed by atoms with van der Waals surface area (Å²) in [5, 5.41) is 0.606. The first-order valence-electron chi connectivity index (χ1n) is 6.84. The number of benzene rings is 1. The summed E-state index contributed by atoms with van der Waals surface area (Å²) < 4.78 is 0. The van der Waals surface area contributed by atoms with Crippen LogP contribution in [-0.2, 0) is 0 Å². The molecule has 4 heteroatoms. The van der Waals surface area contributed by atoms with E-state index in [0.717, 1.165) is 31.5 Å². The lowest BCUT2D eigenvalue weighted by atomic mass is 9.90. The second kappa shape index (κ2) is 5.93. The van der Waals surface area contributed by atoms with Crippen molar-refractivity contribution in [3.63, 3.8) is 0 Å². The normalized spacial score (nSPS) is 23.5. The average Bonchev–Trinajstić information content (AvgIpc) is 2.41. The first-order valence-corrected chi connectivity index (χ1v) is 7.21. The molecule has 1 fully saturated rings. The van der Waals surface area contributed by atoms with E-state index in [2.05, 4.69) is 6.92 Å². The van der Waals surface area contributed by atoms with Crippen molar-refractivity contribution in [3.05, 3.63) is 34.3 Å². The van der Waals surface area contributed by atoms with E-state index in [9.17, 15) is 4.79 Å². The fraction of sp³-hybridized carbons (Fsp3) is 0.533. The maximum atomic E-state index is 12.6. The van der Waals surface area contributed by atoms with Crippen molar-refractivity contribution >= 4 is 17.5 Å². The molecule has 0 spiro atoms. The van der Waals surface area contributed by atoms with E-state index < -0.39 is 0 Å². The van der Waals surface area contributed by atoms with Gasteiger partial charge in [0, 0.05) is 29.7 Å². The zero-order valence-electron chi connectivity index (χ0n) is 11.5. The van der Waals surface area contributed by atoms with Gasteiger partial charge in [0.1, 0.15) is 0 Å². The Labute approximate surface area is 119 Å². The van der Waals surface area contributed by atoms with Gasteiger partial charge < -0.3 is 10.6 Å². The monoisotopic (exact) mass is 280 g/mol. The number of likely N-dealkylation sites (tertiary alicyclic amines) is 1. The number of hydrogen-bond acceptors (Lipinski definition) is 2. The third-order valence-corrected chi connectivity index (χ3v) is 4.27. The van der Waals surface area contributed by atoms with E-state index >= 15 is 0 Å². The number of halogens is 1. The molecule has 0 radical (unpaired) electrons. The van der Waals surface area contributed by atoms with E-state index in [1.54, 1.807) is 6.07 Å². The lowest BCUT2D eigenvalue weighted by Crippen LogP contribution is -2.49.